The number of rotatable bonds is 14. The molecule has 12 nitrogen and oxygen atoms in total. The zero-order chi connectivity index (χ0) is 61.9. The predicted molar refractivity (Wildman–Crippen MR) is 366 cm³/mol. The van der Waals surface area contributed by atoms with E-state index in [2.05, 4.69) is 146 Å². The molecular weight excluding hydrogens is 1150 g/mol. The number of nitrogens with one attached hydrogen (secondary N) is 2. The lowest BCUT2D eigenvalue weighted by Crippen LogP contribution is -2.12. The van der Waals surface area contributed by atoms with Gasteiger partial charge in [-0.15, -0.1) is 10.2 Å². The van der Waals surface area contributed by atoms with Gasteiger partial charge in [0.25, 0.3) is 11.8 Å². The third-order valence-electron chi connectivity index (χ3n) is 17.1. The number of fused-ring (bicyclic) bond motifs is 5. The maximum atomic E-state index is 14.1. The number of hydrogen-bond donors (Lipinski definition) is 4. The van der Waals surface area contributed by atoms with Crippen LogP contribution in [0.15, 0.2) is 269 Å². The number of para-hydroxylation sites is 1. The van der Waals surface area contributed by atoms with Gasteiger partial charge in [-0.05, 0) is 171 Å². The molecule has 0 saturated heterocycles. The number of carbonyl (C=O) groups is 3. The molecule has 0 spiro atoms. The molecule has 0 heterocycles. The van der Waals surface area contributed by atoms with E-state index in [0.29, 0.717) is 71.6 Å². The SMILES string of the molecule is Cc1ccc(N(c2ccc(CCc3ccc(NC(=O)c4cc5ccccc5c(N=Nc5ccc6c(c5)C(=O)c5cc(N=Nc7c(O)c(C(=O)Nc8ccccc8Cl)cc8ccccc78)ccc5-6)c4O)cc3)cc2)c2ccc3ccc4cccc5ccc2c3c45)cc1. The Morgan fingerprint density at radius 1 is 0.440 bits per heavy atom. The summed E-state index contributed by atoms with van der Waals surface area (Å²) >= 11 is 6.31. The summed E-state index contributed by atoms with van der Waals surface area (Å²) in [4.78, 5) is 44.1. The third kappa shape index (κ3) is 10.4. The van der Waals surface area contributed by atoms with Crippen LogP contribution in [0.2, 0.25) is 5.02 Å². The molecule has 15 rings (SSSR count). The number of amides is 2. The van der Waals surface area contributed by atoms with Gasteiger partial charge in [0.1, 0.15) is 11.4 Å². The van der Waals surface area contributed by atoms with Crippen molar-refractivity contribution >= 4 is 134 Å². The van der Waals surface area contributed by atoms with Gasteiger partial charge in [0.15, 0.2) is 17.3 Å². The lowest BCUT2D eigenvalue weighted by atomic mass is 9.93. The van der Waals surface area contributed by atoms with Gasteiger partial charge in [0, 0.05) is 44.3 Å². The fourth-order valence-electron chi connectivity index (χ4n) is 12.4. The van der Waals surface area contributed by atoms with Crippen molar-refractivity contribution in [3.8, 4) is 22.6 Å². The third-order valence-corrected chi connectivity index (χ3v) is 17.4. The molecule has 0 unspecified atom stereocenters. The van der Waals surface area contributed by atoms with E-state index in [4.69, 9.17) is 11.6 Å². The number of azo groups is 2. The largest absolute Gasteiger partial charge is 0.505 e. The highest BCUT2D eigenvalue weighted by Gasteiger charge is 2.28. The smallest absolute Gasteiger partial charge is 0.259 e. The molecular formula is C78H52ClN7O5. The summed E-state index contributed by atoms with van der Waals surface area (Å²) in [5, 5.41) is 57.2. The van der Waals surface area contributed by atoms with Gasteiger partial charge in [-0.3, -0.25) is 14.4 Å². The fraction of sp³-hybridized carbons (Fsp3) is 0.0385. The number of ketones is 1. The van der Waals surface area contributed by atoms with Gasteiger partial charge in [0.2, 0.25) is 0 Å². The van der Waals surface area contributed by atoms with E-state index in [1.807, 2.05) is 48.5 Å². The molecule has 91 heavy (non-hydrogen) atoms. The van der Waals surface area contributed by atoms with E-state index in [0.717, 1.165) is 35.5 Å². The van der Waals surface area contributed by atoms with Crippen LogP contribution in [0.5, 0.6) is 11.5 Å². The van der Waals surface area contributed by atoms with Crippen molar-refractivity contribution in [2.24, 2.45) is 20.5 Å². The van der Waals surface area contributed by atoms with Crippen molar-refractivity contribution in [1.82, 2.24) is 0 Å². The van der Waals surface area contributed by atoms with E-state index < -0.39 is 11.8 Å². The van der Waals surface area contributed by atoms with Crippen LogP contribution in [0.4, 0.5) is 51.2 Å². The van der Waals surface area contributed by atoms with Crippen LogP contribution < -0.4 is 15.5 Å². The van der Waals surface area contributed by atoms with E-state index in [1.54, 1.807) is 97.1 Å². The quantitative estimate of drug-likeness (QED) is 0.0624. The Morgan fingerprint density at radius 2 is 0.923 bits per heavy atom. The fourth-order valence-corrected chi connectivity index (χ4v) is 12.6. The molecule has 4 N–H and O–H groups in total. The Kier molecular flexibility index (Phi) is 14.1. The number of anilines is 5. The first kappa shape index (κ1) is 55.7. The average molecular weight is 1200 g/mol. The summed E-state index contributed by atoms with van der Waals surface area (Å²) < 4.78 is 0. The summed E-state index contributed by atoms with van der Waals surface area (Å²) in [6.45, 7) is 2.11. The lowest BCUT2D eigenvalue weighted by molar-refractivity contribution is 0.101. The molecule has 0 bridgehead atoms. The molecule has 0 atom stereocenters. The molecule has 0 fully saturated rings. The zero-order valence-corrected chi connectivity index (χ0v) is 49.6. The summed E-state index contributed by atoms with van der Waals surface area (Å²) in [7, 11) is 0. The van der Waals surface area contributed by atoms with E-state index in [9.17, 15) is 24.6 Å². The minimum atomic E-state index is -0.586. The molecule has 14 aromatic rings. The first-order chi connectivity index (χ1) is 44.5. The van der Waals surface area contributed by atoms with Gasteiger partial charge in [0.05, 0.1) is 38.9 Å². The Labute approximate surface area is 527 Å². The molecule has 0 radical (unpaired) electrons. The van der Waals surface area contributed by atoms with Crippen LogP contribution >= 0.6 is 11.6 Å². The minimum Gasteiger partial charge on any atom is -0.505 e. The van der Waals surface area contributed by atoms with Gasteiger partial charge in [-0.2, -0.15) is 10.2 Å². The molecule has 2 amide bonds. The summed E-state index contributed by atoms with van der Waals surface area (Å²) in [5.41, 5.74) is 10.7. The molecule has 0 aromatic heterocycles. The number of aromatic hydroxyl groups is 2. The second-order valence-corrected chi connectivity index (χ2v) is 23.1. The van der Waals surface area contributed by atoms with Crippen molar-refractivity contribution in [2.45, 2.75) is 19.8 Å². The van der Waals surface area contributed by atoms with Crippen LogP contribution in [0.1, 0.15) is 53.3 Å². The Balaban J connectivity index is 0.627. The van der Waals surface area contributed by atoms with E-state index in [1.165, 1.54) is 43.4 Å². The maximum Gasteiger partial charge on any atom is 0.259 e. The highest BCUT2D eigenvalue weighted by atomic mass is 35.5. The number of phenolic OH excluding ortho intramolecular Hbond substituents is 2. The van der Waals surface area contributed by atoms with Gasteiger partial charge < -0.3 is 25.7 Å². The van der Waals surface area contributed by atoms with E-state index >= 15 is 0 Å². The molecule has 0 aliphatic heterocycles. The number of carbonyl (C=O) groups excluding carboxylic acids is 3. The number of halogens is 1. The van der Waals surface area contributed by atoms with Crippen molar-refractivity contribution in [2.75, 3.05) is 15.5 Å². The number of hydrogen-bond acceptors (Lipinski definition) is 10. The predicted octanol–water partition coefficient (Wildman–Crippen LogP) is 21.1. The van der Waals surface area contributed by atoms with Gasteiger partial charge >= 0.3 is 0 Å². The van der Waals surface area contributed by atoms with Crippen LogP contribution in [0.25, 0.3) is 65.0 Å². The van der Waals surface area contributed by atoms with Crippen molar-refractivity contribution in [1.29, 1.82) is 0 Å². The molecule has 1 aliphatic rings. The summed E-state index contributed by atoms with van der Waals surface area (Å²) in [5.74, 6) is -2.10. The highest BCUT2D eigenvalue weighted by molar-refractivity contribution is 6.34. The van der Waals surface area contributed by atoms with Crippen LogP contribution in [0.3, 0.4) is 0 Å². The second-order valence-electron chi connectivity index (χ2n) is 22.7. The summed E-state index contributed by atoms with van der Waals surface area (Å²) in [6, 6.07) is 79.9. The van der Waals surface area contributed by atoms with Crippen LogP contribution in [-0.4, -0.2) is 27.8 Å². The Morgan fingerprint density at radius 3 is 1.51 bits per heavy atom. The number of nitrogens with zero attached hydrogens (tertiary/aromatic N) is 5. The van der Waals surface area contributed by atoms with Gasteiger partial charge in [-0.1, -0.05) is 175 Å². The number of benzene rings is 14. The Hall–Kier alpha value is -11.9. The standard InChI is InChI=1S/C78H52ClN7O5/c1-45-17-33-56(34-18-45)86(69-40-28-50-26-25-48-11-8-12-49-27-37-62(69)71(50)70(48)49)57-35-23-47(24-36-57)20-19-46-21-29-53(30-22-46)80-77(90)65-41-51-9-2-4-13-58(51)72(75(65)88)84-82-54-31-38-60-61-39-32-55(44-64(61)74(87)63(60)43-54)83-85-73-59-14-5-3-10-52(59)42-66(76(73)89)78(91)81-68-16-7-6-15-67(68)79/h2-18,21-44,88-89H,19-20H2,1H3,(H,80,90)(H,81,91). The second kappa shape index (κ2) is 23.0. The normalized spacial score (nSPS) is 12.0. The topological polar surface area (TPSA) is 168 Å². The molecule has 13 heteroatoms. The highest BCUT2D eigenvalue weighted by Crippen LogP contribution is 2.47. The van der Waals surface area contributed by atoms with Crippen LogP contribution in [0, 0.1) is 6.92 Å². The Bertz CT molecular complexity index is 5340. The molecule has 1 aliphatic carbocycles. The van der Waals surface area contributed by atoms with Crippen LogP contribution in [-0.2, 0) is 12.8 Å². The molecule has 0 saturated carbocycles. The average Bonchev–Trinajstić information content (AvgIpc) is 1.18. The maximum absolute atomic E-state index is 14.1. The van der Waals surface area contributed by atoms with Crippen molar-refractivity contribution < 1.29 is 24.6 Å². The van der Waals surface area contributed by atoms with E-state index in [-0.39, 0.29) is 39.8 Å². The van der Waals surface area contributed by atoms with Gasteiger partial charge in [-0.25, -0.2) is 0 Å². The summed E-state index contributed by atoms with van der Waals surface area (Å²) in [6.07, 6.45) is 1.59. The first-order valence-electron chi connectivity index (χ1n) is 29.7. The lowest BCUT2D eigenvalue weighted by Gasteiger charge is -2.28. The monoisotopic (exact) mass is 1200 g/mol. The number of phenols is 2. The van der Waals surface area contributed by atoms with Crippen molar-refractivity contribution in [3.63, 3.8) is 0 Å². The molecule has 14 aromatic carbocycles. The minimum absolute atomic E-state index is 0.0165. The molecule has 436 valence electrons. The van der Waals surface area contributed by atoms with Crippen molar-refractivity contribution in [3.05, 3.63) is 293 Å². The zero-order valence-electron chi connectivity index (χ0n) is 48.8. The first-order valence-corrected chi connectivity index (χ1v) is 30.1. The number of aryl methyl sites for hydroxylation is 3.